The average Bonchev–Trinajstić information content (AvgIpc) is 3.35. The van der Waals surface area contributed by atoms with Crippen LogP contribution in [0.5, 0.6) is 0 Å². The molecule has 2 aromatic heterocycles. The lowest BCUT2D eigenvalue weighted by Gasteiger charge is -2.27. The van der Waals surface area contributed by atoms with Crippen LogP contribution in [0.3, 0.4) is 0 Å². The largest absolute Gasteiger partial charge is 0.415 e. The second kappa shape index (κ2) is 8.68. The van der Waals surface area contributed by atoms with Gasteiger partial charge in [-0.25, -0.2) is 4.98 Å². The molecule has 0 radical (unpaired) electrons. The van der Waals surface area contributed by atoms with Gasteiger partial charge in [0, 0.05) is 44.3 Å². The van der Waals surface area contributed by atoms with Gasteiger partial charge in [-0.1, -0.05) is 30.3 Å². The highest BCUT2D eigenvalue weighted by molar-refractivity contribution is 5.94. The van der Waals surface area contributed by atoms with Gasteiger partial charge in [-0.3, -0.25) is 9.78 Å². The Bertz CT molecular complexity index is 1240. The van der Waals surface area contributed by atoms with Crippen molar-refractivity contribution >= 4 is 5.91 Å². The Morgan fingerprint density at radius 1 is 0.969 bits per heavy atom. The van der Waals surface area contributed by atoms with Crippen molar-refractivity contribution in [3.63, 3.8) is 0 Å². The first-order valence-corrected chi connectivity index (χ1v) is 10.5. The second-order valence-corrected chi connectivity index (χ2v) is 7.59. The summed E-state index contributed by atoms with van der Waals surface area (Å²) in [6.07, 6.45) is 1.71. The van der Waals surface area contributed by atoms with Gasteiger partial charge < -0.3 is 14.6 Å². The summed E-state index contributed by atoms with van der Waals surface area (Å²) >= 11 is 0. The Labute approximate surface area is 186 Å². The van der Waals surface area contributed by atoms with Crippen LogP contribution in [0.1, 0.15) is 17.5 Å². The summed E-state index contributed by atoms with van der Waals surface area (Å²) in [5.41, 5.74) is 4.28. The van der Waals surface area contributed by atoms with E-state index in [1.807, 2.05) is 66.4 Å². The van der Waals surface area contributed by atoms with Crippen LogP contribution >= 0.6 is 0 Å². The normalized spacial score (nSPS) is 13.8. The number of nitrogens with one attached hydrogen (secondary N) is 1. The van der Waals surface area contributed by atoms with Crippen molar-refractivity contribution in [2.24, 2.45) is 0 Å². The van der Waals surface area contributed by atoms with Gasteiger partial charge in [0.25, 0.3) is 11.8 Å². The summed E-state index contributed by atoms with van der Waals surface area (Å²) in [6, 6.07) is 17.0. The minimum absolute atomic E-state index is 0. The summed E-state index contributed by atoms with van der Waals surface area (Å²) in [6.45, 7) is 4.96. The van der Waals surface area contributed by atoms with Crippen molar-refractivity contribution in [3.05, 3.63) is 72.1 Å². The quantitative estimate of drug-likeness (QED) is 0.532. The highest BCUT2D eigenvalue weighted by Gasteiger charge is 2.19. The van der Waals surface area contributed by atoms with Crippen LogP contribution < -0.4 is 5.32 Å². The third kappa shape index (κ3) is 4.00. The number of piperazine rings is 1. The zero-order chi connectivity index (χ0) is 21.9. The molecule has 1 saturated heterocycles. The van der Waals surface area contributed by atoms with Crippen LogP contribution in [0, 0.1) is 6.92 Å². The summed E-state index contributed by atoms with van der Waals surface area (Å²) in [5.74, 6) is 0.803. The van der Waals surface area contributed by atoms with E-state index < -0.39 is 0 Å². The topological polar surface area (TPSA) is 97.0 Å². The Morgan fingerprint density at radius 3 is 2.44 bits per heavy atom. The molecular weight excluding hydrogens is 404 g/mol. The molecule has 0 spiro atoms. The minimum Gasteiger partial charge on any atom is -0.415 e. The SMILES string of the molecule is Cc1ncc(-c2ccc(C(=O)N3CCNCC3)cc2)nc1-c1nnc(-c2ccccc2)o1.[HH]. The predicted molar refractivity (Wildman–Crippen MR) is 122 cm³/mol. The fourth-order valence-corrected chi connectivity index (χ4v) is 3.64. The molecule has 0 saturated carbocycles. The molecule has 0 bridgehead atoms. The van der Waals surface area contributed by atoms with Crippen molar-refractivity contribution < 1.29 is 10.6 Å². The first kappa shape index (κ1) is 20.0. The average molecular weight is 428 g/mol. The lowest BCUT2D eigenvalue weighted by molar-refractivity contribution is 0.0736. The van der Waals surface area contributed by atoms with Gasteiger partial charge >= 0.3 is 0 Å². The molecule has 1 aliphatic rings. The van der Waals surface area contributed by atoms with E-state index in [1.165, 1.54) is 0 Å². The highest BCUT2D eigenvalue weighted by atomic mass is 16.4. The van der Waals surface area contributed by atoms with Gasteiger partial charge in [0.2, 0.25) is 5.89 Å². The lowest BCUT2D eigenvalue weighted by atomic mass is 10.1. The fraction of sp³-hybridized carbons (Fsp3) is 0.208. The maximum atomic E-state index is 12.7. The van der Waals surface area contributed by atoms with Gasteiger partial charge in [0.15, 0.2) is 0 Å². The van der Waals surface area contributed by atoms with Crippen LogP contribution in [-0.4, -0.2) is 57.2 Å². The van der Waals surface area contributed by atoms with E-state index in [2.05, 4.69) is 20.5 Å². The maximum Gasteiger partial charge on any atom is 0.268 e. The summed E-state index contributed by atoms with van der Waals surface area (Å²) < 4.78 is 5.87. The molecule has 5 rings (SSSR count). The standard InChI is InChI=1S/C24H22N6O2.H2/c1-16-21(23-29-28-22(32-23)18-5-3-2-4-6-18)27-20(15-26-16)17-7-9-19(10-8-17)24(31)30-13-11-25-12-14-30;/h2-10,15,25H,11-14H2,1H3;1H. The highest BCUT2D eigenvalue weighted by Crippen LogP contribution is 2.26. The molecule has 1 fully saturated rings. The molecule has 3 heterocycles. The molecule has 8 nitrogen and oxygen atoms in total. The third-order valence-electron chi connectivity index (χ3n) is 5.44. The molecule has 1 aliphatic heterocycles. The Balaban J connectivity index is 0.00000259. The zero-order valence-corrected chi connectivity index (χ0v) is 17.7. The monoisotopic (exact) mass is 428 g/mol. The molecular formula is C24H24N6O2. The molecule has 1 amide bonds. The van der Waals surface area contributed by atoms with Crippen LogP contribution in [0.4, 0.5) is 0 Å². The number of carbonyl (C=O) groups excluding carboxylic acids is 1. The summed E-state index contributed by atoms with van der Waals surface area (Å²) in [7, 11) is 0. The first-order chi connectivity index (χ1) is 15.7. The summed E-state index contributed by atoms with van der Waals surface area (Å²) in [5, 5.41) is 11.6. The Morgan fingerprint density at radius 2 is 1.69 bits per heavy atom. The molecule has 0 atom stereocenters. The van der Waals surface area contributed by atoms with Crippen molar-refractivity contribution in [1.29, 1.82) is 0 Å². The molecule has 0 aliphatic carbocycles. The number of aromatic nitrogens is 4. The van der Waals surface area contributed by atoms with Crippen LogP contribution in [0.15, 0.2) is 65.2 Å². The lowest BCUT2D eigenvalue weighted by Crippen LogP contribution is -2.46. The van der Waals surface area contributed by atoms with Crippen molar-refractivity contribution in [3.8, 4) is 34.3 Å². The van der Waals surface area contributed by atoms with Crippen molar-refractivity contribution in [2.45, 2.75) is 6.92 Å². The van der Waals surface area contributed by atoms with Crippen LogP contribution in [-0.2, 0) is 0 Å². The number of benzene rings is 2. The Kier molecular flexibility index (Phi) is 5.43. The van der Waals surface area contributed by atoms with Gasteiger partial charge in [-0.15, -0.1) is 10.2 Å². The minimum atomic E-state index is 0. The van der Waals surface area contributed by atoms with E-state index in [4.69, 9.17) is 9.40 Å². The smallest absolute Gasteiger partial charge is 0.268 e. The van der Waals surface area contributed by atoms with E-state index in [-0.39, 0.29) is 7.33 Å². The molecule has 2 aromatic carbocycles. The van der Waals surface area contributed by atoms with Crippen LogP contribution in [0.25, 0.3) is 34.3 Å². The van der Waals surface area contributed by atoms with E-state index in [0.717, 1.165) is 37.3 Å². The number of rotatable bonds is 4. The van der Waals surface area contributed by atoms with E-state index in [0.29, 0.717) is 34.4 Å². The number of hydrogen-bond donors (Lipinski definition) is 1. The van der Waals surface area contributed by atoms with E-state index in [1.54, 1.807) is 6.20 Å². The van der Waals surface area contributed by atoms with E-state index in [9.17, 15) is 4.79 Å². The van der Waals surface area contributed by atoms with Crippen molar-refractivity contribution in [2.75, 3.05) is 26.2 Å². The third-order valence-corrected chi connectivity index (χ3v) is 5.44. The number of amides is 1. The Hall–Kier alpha value is -3.91. The number of aryl methyl sites for hydroxylation is 1. The molecule has 4 aromatic rings. The zero-order valence-electron chi connectivity index (χ0n) is 17.7. The number of hydrogen-bond acceptors (Lipinski definition) is 7. The summed E-state index contributed by atoms with van der Waals surface area (Å²) in [4.78, 5) is 23.8. The number of nitrogens with zero attached hydrogens (tertiary/aromatic N) is 5. The molecule has 0 unspecified atom stereocenters. The fourth-order valence-electron chi connectivity index (χ4n) is 3.64. The number of carbonyl (C=O) groups is 1. The maximum absolute atomic E-state index is 12.7. The molecule has 162 valence electrons. The van der Waals surface area contributed by atoms with Gasteiger partial charge in [0.05, 0.1) is 17.6 Å². The van der Waals surface area contributed by atoms with Gasteiger partial charge in [-0.2, -0.15) is 0 Å². The van der Waals surface area contributed by atoms with E-state index >= 15 is 0 Å². The first-order valence-electron chi connectivity index (χ1n) is 10.5. The van der Waals surface area contributed by atoms with Gasteiger partial charge in [-0.05, 0) is 31.2 Å². The molecule has 8 heteroatoms. The second-order valence-electron chi connectivity index (χ2n) is 7.59. The molecule has 1 N–H and O–H groups in total. The van der Waals surface area contributed by atoms with Crippen LogP contribution in [0.2, 0.25) is 0 Å². The predicted octanol–water partition coefficient (Wildman–Crippen LogP) is 3.46. The van der Waals surface area contributed by atoms with Crippen molar-refractivity contribution in [1.82, 2.24) is 30.4 Å². The van der Waals surface area contributed by atoms with Gasteiger partial charge in [0.1, 0.15) is 5.69 Å². The molecule has 32 heavy (non-hydrogen) atoms.